The van der Waals surface area contributed by atoms with Gasteiger partial charge in [0.05, 0.1) is 0 Å². The first-order chi connectivity index (χ1) is 8.83. The number of nitrogens with one attached hydrogen (secondary N) is 3. The summed E-state index contributed by atoms with van der Waals surface area (Å²) in [5, 5.41) is 9.42. The first-order valence-corrected chi connectivity index (χ1v) is 6.65. The maximum atomic E-state index is 11.6. The maximum absolute atomic E-state index is 11.6. The second-order valence-electron chi connectivity index (χ2n) is 5.71. The Morgan fingerprint density at radius 1 is 1.21 bits per heavy atom. The Labute approximate surface area is 116 Å². The minimum Gasteiger partial charge on any atom is -0.384 e. The van der Waals surface area contributed by atoms with Crippen LogP contribution in [0.5, 0.6) is 0 Å². The topological polar surface area (TPSA) is 53.2 Å². The molecule has 0 unspecified atom stereocenters. The van der Waals surface area contributed by atoms with Gasteiger partial charge in [0.1, 0.15) is 0 Å². The van der Waals surface area contributed by atoms with Gasteiger partial charge in [-0.1, -0.05) is 6.07 Å². The van der Waals surface area contributed by atoms with E-state index in [1.807, 2.05) is 25.1 Å². The van der Waals surface area contributed by atoms with E-state index in [0.29, 0.717) is 5.56 Å². The van der Waals surface area contributed by atoms with Gasteiger partial charge < -0.3 is 16.0 Å². The van der Waals surface area contributed by atoms with Gasteiger partial charge in [0, 0.05) is 36.9 Å². The smallest absolute Gasteiger partial charge is 0.251 e. The molecule has 1 amide bonds. The largest absolute Gasteiger partial charge is 0.384 e. The van der Waals surface area contributed by atoms with Gasteiger partial charge in [0.2, 0.25) is 0 Å². The van der Waals surface area contributed by atoms with E-state index in [1.54, 1.807) is 7.05 Å². The molecule has 3 N–H and O–H groups in total. The highest BCUT2D eigenvalue weighted by molar-refractivity contribution is 5.95. The summed E-state index contributed by atoms with van der Waals surface area (Å²) in [6, 6.07) is 5.70. The van der Waals surface area contributed by atoms with E-state index in [-0.39, 0.29) is 11.4 Å². The Balaban J connectivity index is 2.60. The van der Waals surface area contributed by atoms with Crippen LogP contribution in [0.25, 0.3) is 0 Å². The van der Waals surface area contributed by atoms with Gasteiger partial charge in [-0.25, -0.2) is 0 Å². The van der Waals surface area contributed by atoms with Gasteiger partial charge >= 0.3 is 0 Å². The predicted octanol–water partition coefficient (Wildman–Crippen LogP) is 2.15. The molecule has 0 aliphatic rings. The lowest BCUT2D eigenvalue weighted by atomic mass is 10.1. The lowest BCUT2D eigenvalue weighted by Crippen LogP contribution is -2.38. The number of amides is 1. The third-order valence-electron chi connectivity index (χ3n) is 2.82. The summed E-state index contributed by atoms with van der Waals surface area (Å²) in [5.74, 6) is -0.0594. The molecule has 0 bridgehead atoms. The molecule has 0 atom stereocenters. The van der Waals surface area contributed by atoms with Gasteiger partial charge in [-0.2, -0.15) is 0 Å². The molecule has 0 saturated heterocycles. The summed E-state index contributed by atoms with van der Waals surface area (Å²) >= 11 is 0. The number of anilines is 1. The van der Waals surface area contributed by atoms with Crippen molar-refractivity contribution in [2.45, 2.75) is 33.2 Å². The fourth-order valence-corrected chi connectivity index (χ4v) is 1.73. The van der Waals surface area contributed by atoms with Crippen LogP contribution in [0.15, 0.2) is 18.2 Å². The molecule has 19 heavy (non-hydrogen) atoms. The fraction of sp³-hybridized carbons (Fsp3) is 0.533. The highest BCUT2D eigenvalue weighted by atomic mass is 16.1. The highest BCUT2D eigenvalue weighted by Crippen LogP contribution is 2.16. The molecule has 0 heterocycles. The van der Waals surface area contributed by atoms with Crippen LogP contribution in [0.2, 0.25) is 0 Å². The fourth-order valence-electron chi connectivity index (χ4n) is 1.73. The van der Waals surface area contributed by atoms with Crippen LogP contribution in [0.1, 0.15) is 36.7 Å². The molecular formula is C15H25N3O. The normalized spacial score (nSPS) is 11.2. The second kappa shape index (κ2) is 6.57. The zero-order valence-corrected chi connectivity index (χ0v) is 12.6. The monoisotopic (exact) mass is 263 g/mol. The molecule has 0 aromatic heterocycles. The maximum Gasteiger partial charge on any atom is 0.251 e. The summed E-state index contributed by atoms with van der Waals surface area (Å²) in [7, 11) is 1.64. The van der Waals surface area contributed by atoms with Crippen LogP contribution in [0.4, 0.5) is 5.69 Å². The predicted molar refractivity (Wildman–Crippen MR) is 80.8 cm³/mol. The van der Waals surface area contributed by atoms with E-state index in [4.69, 9.17) is 0 Å². The van der Waals surface area contributed by atoms with Crippen molar-refractivity contribution in [1.82, 2.24) is 10.6 Å². The Morgan fingerprint density at radius 2 is 1.89 bits per heavy atom. The first-order valence-electron chi connectivity index (χ1n) is 6.65. The standard InChI is InChI=1S/C15H25N3O/c1-11-6-7-12(14(19)16-5)10-13(11)17-8-9-18-15(2,3)4/h6-7,10,17-18H,8-9H2,1-5H3,(H,16,19). The van der Waals surface area contributed by atoms with Crippen molar-refractivity contribution in [3.8, 4) is 0 Å². The lowest BCUT2D eigenvalue weighted by Gasteiger charge is -2.21. The molecule has 0 spiro atoms. The molecule has 1 rings (SSSR count). The summed E-state index contributed by atoms with van der Waals surface area (Å²) in [4.78, 5) is 11.6. The molecule has 4 nitrogen and oxygen atoms in total. The SMILES string of the molecule is CNC(=O)c1ccc(C)c(NCCNC(C)(C)C)c1. The van der Waals surface area contributed by atoms with E-state index in [2.05, 4.69) is 36.7 Å². The van der Waals surface area contributed by atoms with Crippen LogP contribution in [0.3, 0.4) is 0 Å². The lowest BCUT2D eigenvalue weighted by molar-refractivity contribution is 0.0963. The van der Waals surface area contributed by atoms with Crippen LogP contribution >= 0.6 is 0 Å². The Morgan fingerprint density at radius 3 is 2.47 bits per heavy atom. The molecular weight excluding hydrogens is 238 g/mol. The van der Waals surface area contributed by atoms with E-state index in [0.717, 1.165) is 24.3 Å². The van der Waals surface area contributed by atoms with E-state index in [1.165, 1.54) is 0 Å². The number of carbonyl (C=O) groups excluding carboxylic acids is 1. The van der Waals surface area contributed by atoms with E-state index in [9.17, 15) is 4.79 Å². The molecule has 1 aromatic carbocycles. The first kappa shape index (κ1) is 15.5. The van der Waals surface area contributed by atoms with Crippen molar-refractivity contribution >= 4 is 11.6 Å². The molecule has 0 fully saturated rings. The average molecular weight is 263 g/mol. The zero-order chi connectivity index (χ0) is 14.5. The minimum atomic E-state index is -0.0594. The van der Waals surface area contributed by atoms with E-state index < -0.39 is 0 Å². The van der Waals surface area contributed by atoms with Crippen molar-refractivity contribution in [3.05, 3.63) is 29.3 Å². The molecule has 0 saturated carbocycles. The Bertz CT molecular complexity index is 436. The Hall–Kier alpha value is -1.55. The van der Waals surface area contributed by atoms with Gasteiger partial charge in [0.25, 0.3) is 5.91 Å². The van der Waals surface area contributed by atoms with E-state index >= 15 is 0 Å². The number of hydrogen-bond donors (Lipinski definition) is 3. The third kappa shape index (κ3) is 5.30. The number of aryl methyl sites for hydroxylation is 1. The molecule has 0 radical (unpaired) electrons. The second-order valence-corrected chi connectivity index (χ2v) is 5.71. The van der Waals surface area contributed by atoms with Gasteiger partial charge in [-0.15, -0.1) is 0 Å². The number of rotatable bonds is 5. The van der Waals surface area contributed by atoms with Gasteiger partial charge in [0.15, 0.2) is 0 Å². The summed E-state index contributed by atoms with van der Waals surface area (Å²) in [6.45, 7) is 10.2. The molecule has 0 aliphatic heterocycles. The van der Waals surface area contributed by atoms with Crippen LogP contribution in [-0.2, 0) is 0 Å². The number of carbonyl (C=O) groups is 1. The molecule has 1 aromatic rings. The van der Waals surface area contributed by atoms with Gasteiger partial charge in [-0.3, -0.25) is 4.79 Å². The highest BCUT2D eigenvalue weighted by Gasteiger charge is 2.08. The third-order valence-corrected chi connectivity index (χ3v) is 2.82. The van der Waals surface area contributed by atoms with Crippen molar-refractivity contribution in [1.29, 1.82) is 0 Å². The van der Waals surface area contributed by atoms with Crippen molar-refractivity contribution in [2.75, 3.05) is 25.5 Å². The van der Waals surface area contributed by atoms with Crippen molar-refractivity contribution in [3.63, 3.8) is 0 Å². The van der Waals surface area contributed by atoms with Crippen molar-refractivity contribution < 1.29 is 4.79 Å². The molecule has 106 valence electrons. The molecule has 4 heteroatoms. The summed E-state index contributed by atoms with van der Waals surface area (Å²) in [5.41, 5.74) is 2.96. The van der Waals surface area contributed by atoms with Gasteiger partial charge in [-0.05, 0) is 45.4 Å². The summed E-state index contributed by atoms with van der Waals surface area (Å²) in [6.07, 6.45) is 0. The van der Waals surface area contributed by atoms with Crippen LogP contribution in [0, 0.1) is 6.92 Å². The Kier molecular flexibility index (Phi) is 5.36. The van der Waals surface area contributed by atoms with Crippen LogP contribution < -0.4 is 16.0 Å². The minimum absolute atomic E-state index is 0.0594. The zero-order valence-electron chi connectivity index (χ0n) is 12.6. The number of benzene rings is 1. The quantitative estimate of drug-likeness (QED) is 0.714. The number of hydrogen-bond acceptors (Lipinski definition) is 3. The molecule has 0 aliphatic carbocycles. The average Bonchev–Trinajstić information content (AvgIpc) is 2.34. The van der Waals surface area contributed by atoms with Crippen LogP contribution in [-0.4, -0.2) is 31.6 Å². The van der Waals surface area contributed by atoms with Crippen molar-refractivity contribution in [2.24, 2.45) is 0 Å². The summed E-state index contributed by atoms with van der Waals surface area (Å²) < 4.78 is 0.